The normalized spacial score (nSPS) is 24.8. The fraction of sp³-hybridized carbons (Fsp3) is 0.400. The van der Waals surface area contributed by atoms with Crippen molar-refractivity contribution in [2.75, 3.05) is 17.8 Å². The van der Waals surface area contributed by atoms with E-state index in [1.807, 2.05) is 0 Å². The van der Waals surface area contributed by atoms with Crippen molar-refractivity contribution in [3.63, 3.8) is 0 Å². The molecule has 0 bridgehead atoms. The fourth-order valence-corrected chi connectivity index (χ4v) is 6.65. The van der Waals surface area contributed by atoms with Crippen LogP contribution in [0.1, 0.15) is 24.8 Å². The molecule has 1 saturated heterocycles. The minimum absolute atomic E-state index is 0.0238. The molecule has 0 amide bonds. The number of pyridine rings is 1. The number of aliphatic hydroxyl groups excluding tert-OH is 1. The topological polar surface area (TPSA) is 176 Å². The molecule has 2 aromatic heterocycles. The van der Waals surface area contributed by atoms with Gasteiger partial charge >= 0.3 is 15.2 Å². The van der Waals surface area contributed by atoms with Crippen LogP contribution in [-0.2, 0) is 18.4 Å². The van der Waals surface area contributed by atoms with Crippen molar-refractivity contribution in [1.29, 1.82) is 0 Å². The van der Waals surface area contributed by atoms with Crippen molar-refractivity contribution in [2.45, 2.75) is 37.6 Å². The predicted octanol–water partition coefficient (Wildman–Crippen LogP) is 3.33. The van der Waals surface area contributed by atoms with Crippen molar-refractivity contribution in [2.24, 2.45) is 0 Å². The number of halogens is 3. The molecule has 3 heterocycles. The van der Waals surface area contributed by atoms with Crippen LogP contribution >= 0.6 is 26.8 Å². The van der Waals surface area contributed by atoms with E-state index in [2.05, 4.69) is 19.9 Å². The number of rotatable bonds is 9. The maximum atomic E-state index is 15.0. The molecule has 1 fully saturated rings. The number of hydrogen-bond acceptors (Lipinski definition) is 8. The monoisotopic (exact) mass is 582 g/mol. The summed E-state index contributed by atoms with van der Waals surface area (Å²) in [4.78, 5) is 31.6. The minimum atomic E-state index is -4.87. The maximum Gasteiger partial charge on any atom is 0.340 e. The number of nitrogens with zero attached hydrogens (tertiary/aromatic N) is 3. The Kier molecular flexibility index (Phi) is 8.06. The third kappa shape index (κ3) is 6.54. The molecule has 3 aromatic rings. The molecule has 1 aliphatic rings. The second-order valence-corrected chi connectivity index (χ2v) is 12.9. The highest BCUT2D eigenvalue weighted by molar-refractivity contribution is 7.70. The van der Waals surface area contributed by atoms with Gasteiger partial charge in [0.1, 0.15) is 23.2 Å². The van der Waals surface area contributed by atoms with Crippen LogP contribution in [0.4, 0.5) is 14.5 Å². The lowest BCUT2D eigenvalue weighted by Crippen LogP contribution is -2.31. The second kappa shape index (κ2) is 10.6. The number of hydrogen-bond donors (Lipinski definition) is 5. The molecule has 37 heavy (non-hydrogen) atoms. The Morgan fingerprint density at radius 2 is 2.03 bits per heavy atom. The molecule has 0 aliphatic carbocycles. The third-order valence-corrected chi connectivity index (χ3v) is 9.24. The number of aliphatic hydroxyl groups is 1. The van der Waals surface area contributed by atoms with Crippen LogP contribution in [0.15, 0.2) is 36.5 Å². The number of benzene rings is 1. The van der Waals surface area contributed by atoms with Crippen LogP contribution in [0.5, 0.6) is 0 Å². The Bertz CT molecular complexity index is 1390. The van der Waals surface area contributed by atoms with Gasteiger partial charge in [-0.05, 0) is 30.7 Å². The van der Waals surface area contributed by atoms with Gasteiger partial charge in [-0.3, -0.25) is 9.13 Å². The fourth-order valence-electron chi connectivity index (χ4n) is 3.89. The Hall–Kier alpha value is -1.99. The van der Waals surface area contributed by atoms with Crippen molar-refractivity contribution in [1.82, 2.24) is 14.8 Å². The molecule has 0 radical (unpaired) electrons. The molecule has 5 N–H and O–H groups in total. The van der Waals surface area contributed by atoms with Crippen LogP contribution in [-0.4, -0.2) is 65.4 Å². The summed E-state index contributed by atoms with van der Waals surface area (Å²) >= 11 is 6.18. The Morgan fingerprint density at radius 1 is 1.30 bits per heavy atom. The first-order valence-electron chi connectivity index (χ1n) is 10.8. The molecule has 0 spiro atoms. The van der Waals surface area contributed by atoms with Gasteiger partial charge in [-0.2, -0.15) is 5.10 Å². The summed E-state index contributed by atoms with van der Waals surface area (Å²) < 4.78 is 62.7. The van der Waals surface area contributed by atoms with Crippen molar-refractivity contribution in [3.8, 4) is 0 Å². The summed E-state index contributed by atoms with van der Waals surface area (Å²) in [5, 5.41) is 18.0. The first-order valence-corrected chi connectivity index (χ1v) is 14.7. The van der Waals surface area contributed by atoms with Gasteiger partial charge in [-0.15, -0.1) is 0 Å². The molecule has 6 atom stereocenters. The Labute approximate surface area is 213 Å². The molecular weight excluding hydrogens is 560 g/mol. The molecule has 17 heteroatoms. The second-order valence-electron chi connectivity index (χ2n) is 8.48. The quantitative estimate of drug-likeness (QED) is 0.185. The lowest BCUT2D eigenvalue weighted by atomic mass is 10.1. The highest BCUT2D eigenvalue weighted by atomic mass is 35.5. The third-order valence-electron chi connectivity index (χ3n) is 5.59. The van der Waals surface area contributed by atoms with E-state index in [1.165, 1.54) is 24.4 Å². The zero-order chi connectivity index (χ0) is 27.1. The van der Waals surface area contributed by atoms with Gasteiger partial charge in [0.2, 0.25) is 0 Å². The first kappa shape index (κ1) is 28.0. The van der Waals surface area contributed by atoms with Crippen molar-refractivity contribution < 1.29 is 47.0 Å². The highest BCUT2D eigenvalue weighted by Gasteiger charge is 2.47. The lowest BCUT2D eigenvalue weighted by Gasteiger charge is -2.18. The number of alkyl halides is 1. The summed E-state index contributed by atoms with van der Waals surface area (Å²) in [6.07, 6.45) is -5.50. The zero-order valence-corrected chi connectivity index (χ0v) is 21.6. The molecule has 202 valence electrons. The van der Waals surface area contributed by atoms with Crippen LogP contribution < -0.4 is 5.32 Å². The Morgan fingerprint density at radius 3 is 2.70 bits per heavy atom. The number of aromatic nitrogens is 3. The standard InChI is InChI=1S/C20H23ClF2N4O8P2/c1-10(11-3-2-4-12(22)5-11)25-14-6-16(21)26-19-13(14)7-24-27(19)20-17(23)18(28)15(35-20)8-34-37(32,33)9-36(29,30)31/h2-7,10,15,17-18,20,28H,8-9H2,1H3,(H,25,26)(H,32,33)(H2,29,30,31)/t10-,15+,17-,18+,20+/m0/s1. The Balaban J connectivity index is 1.55. The zero-order valence-electron chi connectivity index (χ0n) is 19.1. The number of anilines is 1. The predicted molar refractivity (Wildman–Crippen MR) is 128 cm³/mol. The molecule has 1 aliphatic heterocycles. The number of ether oxygens (including phenoxy) is 1. The van der Waals surface area contributed by atoms with Gasteiger partial charge in [-0.25, -0.2) is 18.4 Å². The van der Waals surface area contributed by atoms with Crippen LogP contribution in [0.3, 0.4) is 0 Å². The molecule has 4 rings (SSSR count). The molecular formula is C20H23ClF2N4O8P2. The van der Waals surface area contributed by atoms with Crippen LogP contribution in [0.2, 0.25) is 5.15 Å². The van der Waals surface area contributed by atoms with E-state index in [0.29, 0.717) is 16.6 Å². The summed E-state index contributed by atoms with van der Waals surface area (Å²) in [5.74, 6) is -1.85. The molecule has 1 aromatic carbocycles. The van der Waals surface area contributed by atoms with Crippen LogP contribution in [0, 0.1) is 5.82 Å². The largest absolute Gasteiger partial charge is 0.387 e. The van der Waals surface area contributed by atoms with Gasteiger partial charge in [-0.1, -0.05) is 23.7 Å². The molecule has 1 unspecified atom stereocenters. The van der Waals surface area contributed by atoms with Gasteiger partial charge in [0.15, 0.2) is 23.9 Å². The average molecular weight is 583 g/mol. The lowest BCUT2D eigenvalue weighted by molar-refractivity contribution is -0.0472. The SMILES string of the molecule is C[C@H](Nc1cc(Cl)nc2c1cnn2[C@@H]1O[C@H](COP(=O)(O)CP(=O)(O)O)[C@@H](O)[C@@H]1F)c1cccc(F)c1. The van der Waals surface area contributed by atoms with Crippen LogP contribution in [0.25, 0.3) is 11.0 Å². The summed E-state index contributed by atoms with van der Waals surface area (Å²) in [6.45, 7) is 0.974. The molecule has 0 saturated carbocycles. The van der Waals surface area contributed by atoms with E-state index in [0.717, 1.165) is 4.68 Å². The van der Waals surface area contributed by atoms with E-state index >= 15 is 4.39 Å². The van der Waals surface area contributed by atoms with Crippen molar-refractivity contribution in [3.05, 3.63) is 53.1 Å². The van der Waals surface area contributed by atoms with E-state index in [9.17, 15) is 23.5 Å². The van der Waals surface area contributed by atoms with E-state index in [4.69, 9.17) is 26.1 Å². The molecule has 12 nitrogen and oxygen atoms in total. The van der Waals surface area contributed by atoms with Gasteiger partial charge < -0.3 is 34.4 Å². The summed E-state index contributed by atoms with van der Waals surface area (Å²) in [5.41, 5.74) is 1.21. The first-order chi connectivity index (χ1) is 17.2. The summed E-state index contributed by atoms with van der Waals surface area (Å²) in [7, 11) is -9.62. The summed E-state index contributed by atoms with van der Waals surface area (Å²) in [6, 6.07) is 7.15. The number of nitrogens with one attached hydrogen (secondary N) is 1. The number of fused-ring (bicyclic) bond motifs is 1. The minimum Gasteiger partial charge on any atom is -0.387 e. The van der Waals surface area contributed by atoms with Gasteiger partial charge in [0.05, 0.1) is 23.9 Å². The average Bonchev–Trinajstić information content (AvgIpc) is 3.32. The van der Waals surface area contributed by atoms with Gasteiger partial charge in [0, 0.05) is 6.04 Å². The highest BCUT2D eigenvalue weighted by Crippen LogP contribution is 2.55. The van der Waals surface area contributed by atoms with Crippen molar-refractivity contribution >= 4 is 43.5 Å². The van der Waals surface area contributed by atoms with E-state index in [1.54, 1.807) is 19.1 Å². The van der Waals surface area contributed by atoms with Gasteiger partial charge in [0.25, 0.3) is 0 Å². The van der Waals surface area contributed by atoms with E-state index in [-0.39, 0.29) is 16.8 Å². The smallest absolute Gasteiger partial charge is 0.340 e. The van der Waals surface area contributed by atoms with E-state index < -0.39 is 58.1 Å². The maximum absolute atomic E-state index is 15.0.